The molecule has 5 rings (SSSR count). The Bertz CT molecular complexity index is 1150. The maximum absolute atomic E-state index is 13.0. The maximum atomic E-state index is 13.0. The predicted molar refractivity (Wildman–Crippen MR) is 117 cm³/mol. The lowest BCUT2D eigenvalue weighted by Gasteiger charge is -2.24. The fourth-order valence-electron chi connectivity index (χ4n) is 4.02. The van der Waals surface area contributed by atoms with Gasteiger partial charge in [-0.25, -0.2) is 0 Å². The molecule has 0 spiro atoms. The number of hydrogen-bond acceptors (Lipinski definition) is 6. The molecule has 1 unspecified atom stereocenters. The van der Waals surface area contributed by atoms with E-state index in [0.717, 1.165) is 17.0 Å². The van der Waals surface area contributed by atoms with Crippen molar-refractivity contribution >= 4 is 28.9 Å². The molecule has 4 heterocycles. The summed E-state index contributed by atoms with van der Waals surface area (Å²) in [4.78, 5) is 20.6. The Hall–Kier alpha value is -3.23. The molecule has 9 heteroatoms. The Morgan fingerprint density at radius 2 is 2.19 bits per heavy atom. The Morgan fingerprint density at radius 3 is 3.06 bits per heavy atom. The second-order valence-electron chi connectivity index (χ2n) is 7.31. The highest BCUT2D eigenvalue weighted by Gasteiger charge is 2.34. The molecule has 2 bridgehead atoms. The monoisotopic (exact) mass is 440 g/mol. The molecule has 1 aromatic carbocycles. The van der Waals surface area contributed by atoms with E-state index in [4.69, 9.17) is 25.8 Å². The number of para-hydroxylation sites is 1. The van der Waals surface area contributed by atoms with Gasteiger partial charge in [-0.2, -0.15) is 0 Å². The number of anilines is 2. The van der Waals surface area contributed by atoms with Crippen LogP contribution in [0.5, 0.6) is 11.5 Å². The van der Waals surface area contributed by atoms with Crippen molar-refractivity contribution < 1.29 is 19.0 Å². The van der Waals surface area contributed by atoms with Crippen LogP contribution in [0.4, 0.5) is 11.4 Å². The first kappa shape index (κ1) is 19.7. The van der Waals surface area contributed by atoms with Crippen molar-refractivity contribution in [2.45, 2.75) is 5.92 Å². The summed E-state index contributed by atoms with van der Waals surface area (Å²) in [5.41, 5.74) is 4.16. The van der Waals surface area contributed by atoms with Gasteiger partial charge in [0, 0.05) is 29.9 Å². The highest BCUT2D eigenvalue weighted by atomic mass is 35.5. The minimum absolute atomic E-state index is 0.00774. The number of ether oxygens (including phenoxy) is 3. The molecule has 0 saturated heterocycles. The first-order valence-electron chi connectivity index (χ1n) is 9.96. The number of nitrogens with one attached hydrogen (secondary N) is 3. The van der Waals surface area contributed by atoms with Crippen LogP contribution in [-0.4, -0.2) is 49.4 Å². The van der Waals surface area contributed by atoms with Gasteiger partial charge in [-0.3, -0.25) is 9.78 Å². The fraction of sp³-hybridized carbons (Fsp3) is 0.273. The molecular weight excluding hydrogens is 420 g/mol. The van der Waals surface area contributed by atoms with Crippen molar-refractivity contribution in [1.82, 2.24) is 15.3 Å². The third kappa shape index (κ3) is 3.47. The lowest BCUT2D eigenvalue weighted by molar-refractivity contribution is 0.0810. The molecule has 0 fully saturated rings. The number of H-pyrrole nitrogens is 1. The summed E-state index contributed by atoms with van der Waals surface area (Å²) in [6, 6.07) is 7.28. The lowest BCUT2D eigenvalue weighted by atomic mass is 9.97. The Labute approximate surface area is 183 Å². The number of hydrogen-bond donors (Lipinski definition) is 3. The molecule has 2 aliphatic heterocycles. The first-order chi connectivity index (χ1) is 15.2. The number of rotatable bonds is 3. The van der Waals surface area contributed by atoms with Gasteiger partial charge in [0.25, 0.3) is 5.91 Å². The van der Waals surface area contributed by atoms with E-state index in [-0.39, 0.29) is 11.8 Å². The zero-order valence-corrected chi connectivity index (χ0v) is 17.6. The quantitative estimate of drug-likeness (QED) is 0.574. The Kier molecular flexibility index (Phi) is 5.17. The summed E-state index contributed by atoms with van der Waals surface area (Å²) in [7, 11) is 1.56. The minimum Gasteiger partial charge on any atom is -0.493 e. The van der Waals surface area contributed by atoms with Crippen LogP contribution < -0.4 is 20.1 Å². The van der Waals surface area contributed by atoms with Crippen LogP contribution in [0, 0.1) is 0 Å². The van der Waals surface area contributed by atoms with Crippen molar-refractivity contribution in [2.75, 3.05) is 38.8 Å². The molecule has 2 aliphatic rings. The van der Waals surface area contributed by atoms with E-state index < -0.39 is 0 Å². The molecule has 3 aromatic rings. The van der Waals surface area contributed by atoms with Gasteiger partial charge < -0.3 is 29.8 Å². The third-order valence-corrected chi connectivity index (χ3v) is 5.76. The van der Waals surface area contributed by atoms with E-state index in [1.807, 2.05) is 18.2 Å². The highest BCUT2D eigenvalue weighted by Crippen LogP contribution is 2.44. The molecular formula is C22H21ClN4O4. The number of halogens is 1. The minimum atomic E-state index is -0.161. The summed E-state index contributed by atoms with van der Waals surface area (Å²) in [6.45, 7) is 1.81. The molecule has 0 radical (unpaired) electrons. The number of amides is 1. The second kappa shape index (κ2) is 8.13. The molecule has 0 aliphatic carbocycles. The maximum Gasteiger partial charge on any atom is 0.255 e. The molecule has 0 saturated carbocycles. The average molecular weight is 441 g/mol. The number of carbonyl (C=O) groups is 1. The summed E-state index contributed by atoms with van der Waals surface area (Å²) >= 11 is 6.32. The number of fused-ring (bicyclic) bond motifs is 3. The number of nitrogens with zero attached hydrogens (tertiary/aromatic N) is 1. The summed E-state index contributed by atoms with van der Waals surface area (Å²) in [5, 5.41) is 6.83. The van der Waals surface area contributed by atoms with Gasteiger partial charge in [-0.15, -0.1) is 0 Å². The summed E-state index contributed by atoms with van der Waals surface area (Å²) in [5.74, 6) is 0.927. The van der Waals surface area contributed by atoms with E-state index in [1.165, 1.54) is 0 Å². The number of methoxy groups -OCH3 is 1. The number of benzene rings is 1. The van der Waals surface area contributed by atoms with E-state index >= 15 is 0 Å². The smallest absolute Gasteiger partial charge is 0.255 e. The van der Waals surface area contributed by atoms with Crippen LogP contribution in [0.2, 0.25) is 5.02 Å². The van der Waals surface area contributed by atoms with E-state index in [1.54, 1.807) is 25.6 Å². The Balaban J connectivity index is 1.74. The van der Waals surface area contributed by atoms with Gasteiger partial charge in [-0.05, 0) is 18.2 Å². The number of carbonyl (C=O) groups excluding carboxylic acids is 1. The van der Waals surface area contributed by atoms with Crippen LogP contribution in [0.15, 0.2) is 36.7 Å². The average Bonchev–Trinajstić information content (AvgIpc) is 3.13. The molecule has 31 heavy (non-hydrogen) atoms. The van der Waals surface area contributed by atoms with Crippen LogP contribution in [0.3, 0.4) is 0 Å². The lowest BCUT2D eigenvalue weighted by Crippen LogP contribution is -2.37. The molecule has 1 atom stereocenters. The zero-order valence-electron chi connectivity index (χ0n) is 16.8. The first-order valence-corrected chi connectivity index (χ1v) is 10.3. The largest absolute Gasteiger partial charge is 0.493 e. The molecule has 160 valence electrons. The van der Waals surface area contributed by atoms with Crippen LogP contribution >= 0.6 is 11.6 Å². The normalized spacial score (nSPS) is 17.6. The number of aromatic amines is 1. The standard InChI is InChI=1S/C22H21ClN4O4/c1-29-21-14(23)3-2-4-15(21)26-20-17-18-12(9-25-22(17)28)11-30-7-8-31-16-10-24-6-5-13(16)19(20)27-18/h2-6,10,12,26-27H,7-9,11H2,1H3,(H,25,28). The molecule has 1 amide bonds. The van der Waals surface area contributed by atoms with Crippen molar-refractivity contribution in [3.8, 4) is 22.8 Å². The van der Waals surface area contributed by atoms with Gasteiger partial charge in [0.2, 0.25) is 0 Å². The van der Waals surface area contributed by atoms with Crippen molar-refractivity contribution in [3.05, 3.63) is 52.9 Å². The predicted octanol–water partition coefficient (Wildman–Crippen LogP) is 3.72. The van der Waals surface area contributed by atoms with Crippen molar-refractivity contribution in [2.24, 2.45) is 0 Å². The highest BCUT2D eigenvalue weighted by molar-refractivity contribution is 6.32. The third-order valence-electron chi connectivity index (χ3n) is 5.46. The van der Waals surface area contributed by atoms with E-state index in [9.17, 15) is 4.79 Å². The topological polar surface area (TPSA) is 97.5 Å². The van der Waals surface area contributed by atoms with E-state index in [0.29, 0.717) is 59.8 Å². The van der Waals surface area contributed by atoms with Crippen LogP contribution in [0.25, 0.3) is 11.3 Å². The molecule has 2 aromatic heterocycles. The van der Waals surface area contributed by atoms with Crippen molar-refractivity contribution in [1.29, 1.82) is 0 Å². The van der Waals surface area contributed by atoms with Crippen LogP contribution in [-0.2, 0) is 4.74 Å². The van der Waals surface area contributed by atoms with E-state index in [2.05, 4.69) is 20.6 Å². The summed E-state index contributed by atoms with van der Waals surface area (Å²) < 4.78 is 17.2. The van der Waals surface area contributed by atoms with Gasteiger partial charge in [0.15, 0.2) is 5.75 Å². The van der Waals surface area contributed by atoms with Gasteiger partial charge >= 0.3 is 0 Å². The number of aromatic nitrogens is 2. The number of pyridine rings is 1. The fourth-order valence-corrected chi connectivity index (χ4v) is 4.28. The summed E-state index contributed by atoms with van der Waals surface area (Å²) in [6.07, 6.45) is 3.35. The van der Waals surface area contributed by atoms with Gasteiger partial charge in [-0.1, -0.05) is 17.7 Å². The van der Waals surface area contributed by atoms with Gasteiger partial charge in [0.05, 0.1) is 54.2 Å². The van der Waals surface area contributed by atoms with Gasteiger partial charge in [0.1, 0.15) is 12.4 Å². The van der Waals surface area contributed by atoms with Crippen molar-refractivity contribution in [3.63, 3.8) is 0 Å². The molecule has 3 N–H and O–H groups in total. The van der Waals surface area contributed by atoms with Crippen LogP contribution in [0.1, 0.15) is 22.0 Å². The SMILES string of the molecule is COc1c(Cl)cccc1Nc1c2[nH]c3c1C(=O)NCC3COCCOc1cnccc1-2. The second-order valence-corrected chi connectivity index (χ2v) is 7.72. The zero-order chi connectivity index (χ0) is 21.4. The molecule has 8 nitrogen and oxygen atoms in total. The Morgan fingerprint density at radius 1 is 1.29 bits per heavy atom.